The van der Waals surface area contributed by atoms with Gasteiger partial charge in [-0.1, -0.05) is 0 Å². The molecule has 2 N–H and O–H groups in total. The van der Waals surface area contributed by atoms with E-state index in [1.165, 1.54) is 0 Å². The van der Waals surface area contributed by atoms with Gasteiger partial charge in [-0.2, -0.15) is 4.98 Å². The van der Waals surface area contributed by atoms with Gasteiger partial charge >= 0.3 is 0 Å². The van der Waals surface area contributed by atoms with E-state index in [4.69, 9.17) is 10.2 Å². The summed E-state index contributed by atoms with van der Waals surface area (Å²) in [7, 11) is 0. The third-order valence-corrected chi connectivity index (χ3v) is 1.94. The Labute approximate surface area is 82.1 Å². The second kappa shape index (κ2) is 2.78. The summed E-state index contributed by atoms with van der Waals surface area (Å²) in [6.07, 6.45) is 0. The van der Waals surface area contributed by atoms with E-state index in [-0.39, 0.29) is 0 Å². The van der Waals surface area contributed by atoms with Gasteiger partial charge in [0.25, 0.3) is 0 Å². The fraction of sp³-hybridized carbons (Fsp3) is 0.400. The summed E-state index contributed by atoms with van der Waals surface area (Å²) in [4.78, 5) is 8.49. The van der Waals surface area contributed by atoms with Crippen molar-refractivity contribution in [3.8, 4) is 0 Å². The zero-order chi connectivity index (χ0) is 10.3. The Balaban J connectivity index is 2.63. The van der Waals surface area contributed by atoms with Gasteiger partial charge in [-0.3, -0.25) is 0 Å². The first-order valence-electron chi connectivity index (χ1n) is 4.50. The van der Waals surface area contributed by atoms with Crippen molar-refractivity contribution < 1.29 is 4.42 Å². The minimum atomic E-state index is -0.561. The molecule has 74 valence electrons. The molecular formula is C10H13N3O. The lowest BCUT2D eigenvalue weighted by molar-refractivity contribution is 0.394. The van der Waals surface area contributed by atoms with E-state index in [2.05, 4.69) is 9.97 Å². The number of pyridine rings is 1. The van der Waals surface area contributed by atoms with E-state index in [1.54, 1.807) is 0 Å². The molecule has 2 aromatic heterocycles. The maximum Gasteiger partial charge on any atom is 0.216 e. The highest BCUT2D eigenvalue weighted by atomic mass is 16.4. The lowest BCUT2D eigenvalue weighted by Gasteiger charge is -2.11. The van der Waals surface area contributed by atoms with Crippen LogP contribution in [-0.2, 0) is 5.54 Å². The van der Waals surface area contributed by atoms with E-state index in [0.29, 0.717) is 17.1 Å². The molecule has 4 heteroatoms. The van der Waals surface area contributed by atoms with Crippen LogP contribution in [0, 0.1) is 6.92 Å². The Hall–Kier alpha value is -1.42. The smallest absolute Gasteiger partial charge is 0.216 e. The van der Waals surface area contributed by atoms with E-state index in [0.717, 1.165) is 5.69 Å². The van der Waals surface area contributed by atoms with E-state index >= 15 is 0 Å². The second-order valence-electron chi connectivity index (χ2n) is 4.02. The first-order valence-corrected chi connectivity index (χ1v) is 4.50. The summed E-state index contributed by atoms with van der Waals surface area (Å²) in [6, 6.07) is 3.75. The molecule has 4 nitrogen and oxygen atoms in total. The van der Waals surface area contributed by atoms with Crippen molar-refractivity contribution in [1.82, 2.24) is 9.97 Å². The molecule has 2 rings (SSSR count). The molecule has 0 radical (unpaired) electrons. The quantitative estimate of drug-likeness (QED) is 0.745. The number of hydrogen-bond donors (Lipinski definition) is 1. The standard InChI is InChI=1S/C10H13N3O/c1-6-4-5-7-8(12-6)13-9(14-7)10(2,3)11/h4-5H,11H2,1-3H3. The molecule has 0 fully saturated rings. The molecule has 2 aromatic rings. The summed E-state index contributed by atoms with van der Waals surface area (Å²) in [5.41, 5.74) is 7.55. The van der Waals surface area contributed by atoms with Gasteiger partial charge in [-0.05, 0) is 32.9 Å². The van der Waals surface area contributed by atoms with E-state index in [9.17, 15) is 0 Å². The summed E-state index contributed by atoms with van der Waals surface area (Å²) in [6.45, 7) is 5.62. The van der Waals surface area contributed by atoms with Crippen molar-refractivity contribution in [3.63, 3.8) is 0 Å². The monoisotopic (exact) mass is 191 g/mol. The second-order valence-corrected chi connectivity index (χ2v) is 4.02. The van der Waals surface area contributed by atoms with E-state index < -0.39 is 5.54 Å². The zero-order valence-corrected chi connectivity index (χ0v) is 8.53. The molecule has 0 spiro atoms. The Bertz CT molecular complexity index is 468. The van der Waals surface area contributed by atoms with Crippen molar-refractivity contribution in [2.45, 2.75) is 26.3 Å². The minimum absolute atomic E-state index is 0.519. The van der Waals surface area contributed by atoms with Crippen molar-refractivity contribution in [1.29, 1.82) is 0 Å². The van der Waals surface area contributed by atoms with Crippen LogP contribution in [0.1, 0.15) is 25.4 Å². The third kappa shape index (κ3) is 1.48. The largest absolute Gasteiger partial charge is 0.437 e. The molecule has 0 aliphatic rings. The highest BCUT2D eigenvalue weighted by Gasteiger charge is 2.21. The normalized spacial score (nSPS) is 12.3. The lowest BCUT2D eigenvalue weighted by atomic mass is 10.1. The van der Waals surface area contributed by atoms with Gasteiger partial charge < -0.3 is 10.2 Å². The predicted octanol–water partition coefficient (Wildman–Crippen LogP) is 1.73. The van der Waals surface area contributed by atoms with Gasteiger partial charge in [-0.25, -0.2) is 4.98 Å². The molecule has 0 saturated carbocycles. The average Bonchev–Trinajstić information content (AvgIpc) is 2.45. The van der Waals surface area contributed by atoms with Gasteiger partial charge in [0.2, 0.25) is 5.89 Å². The van der Waals surface area contributed by atoms with Gasteiger partial charge in [0.1, 0.15) is 0 Å². The highest BCUT2D eigenvalue weighted by Crippen LogP contribution is 2.21. The van der Waals surface area contributed by atoms with Crippen LogP contribution in [0.3, 0.4) is 0 Å². The first-order chi connectivity index (χ1) is 6.47. The maximum absolute atomic E-state index is 5.87. The number of oxazole rings is 1. The molecule has 0 bridgehead atoms. The predicted molar refractivity (Wildman–Crippen MR) is 53.8 cm³/mol. The molecular weight excluding hydrogens is 178 g/mol. The number of fused-ring (bicyclic) bond motifs is 1. The maximum atomic E-state index is 5.87. The Morgan fingerprint density at radius 3 is 2.64 bits per heavy atom. The Morgan fingerprint density at radius 2 is 2.00 bits per heavy atom. The number of rotatable bonds is 1. The third-order valence-electron chi connectivity index (χ3n) is 1.94. The van der Waals surface area contributed by atoms with Crippen LogP contribution in [0.5, 0.6) is 0 Å². The molecule has 0 aliphatic heterocycles. The van der Waals surface area contributed by atoms with E-state index in [1.807, 2.05) is 32.9 Å². The van der Waals surface area contributed by atoms with Crippen molar-refractivity contribution >= 4 is 11.2 Å². The average molecular weight is 191 g/mol. The Kier molecular flexibility index (Phi) is 1.82. The summed E-state index contributed by atoms with van der Waals surface area (Å²) >= 11 is 0. The number of nitrogens with two attached hydrogens (primary N) is 1. The summed E-state index contributed by atoms with van der Waals surface area (Å²) in [5.74, 6) is 0.519. The van der Waals surface area contributed by atoms with Crippen LogP contribution in [-0.4, -0.2) is 9.97 Å². The number of aromatic nitrogens is 2. The van der Waals surface area contributed by atoms with Crippen molar-refractivity contribution in [3.05, 3.63) is 23.7 Å². The molecule has 0 saturated heterocycles. The fourth-order valence-corrected chi connectivity index (χ4v) is 1.19. The molecule has 0 aliphatic carbocycles. The topological polar surface area (TPSA) is 64.9 Å². The van der Waals surface area contributed by atoms with Gasteiger partial charge in [-0.15, -0.1) is 0 Å². The van der Waals surface area contributed by atoms with Crippen molar-refractivity contribution in [2.75, 3.05) is 0 Å². The number of nitrogens with zero attached hydrogens (tertiary/aromatic N) is 2. The Morgan fingerprint density at radius 1 is 1.29 bits per heavy atom. The molecule has 0 atom stereocenters. The van der Waals surface area contributed by atoms with Crippen LogP contribution < -0.4 is 5.73 Å². The molecule has 2 heterocycles. The summed E-state index contributed by atoms with van der Waals surface area (Å²) < 4.78 is 5.49. The number of hydrogen-bond acceptors (Lipinski definition) is 4. The lowest BCUT2D eigenvalue weighted by Crippen LogP contribution is -2.28. The van der Waals surface area contributed by atoms with Crippen LogP contribution in [0.15, 0.2) is 16.5 Å². The van der Waals surface area contributed by atoms with Crippen molar-refractivity contribution in [2.24, 2.45) is 5.73 Å². The minimum Gasteiger partial charge on any atom is -0.437 e. The van der Waals surface area contributed by atoms with Gasteiger partial charge in [0.05, 0.1) is 5.54 Å². The highest BCUT2D eigenvalue weighted by molar-refractivity contribution is 5.67. The number of aryl methyl sites for hydroxylation is 1. The van der Waals surface area contributed by atoms with Crippen LogP contribution in [0.4, 0.5) is 0 Å². The molecule has 0 unspecified atom stereocenters. The van der Waals surface area contributed by atoms with Gasteiger partial charge in [0, 0.05) is 5.69 Å². The first kappa shape index (κ1) is 9.15. The summed E-state index contributed by atoms with van der Waals surface area (Å²) in [5, 5.41) is 0. The van der Waals surface area contributed by atoms with Crippen LogP contribution in [0.25, 0.3) is 11.2 Å². The van der Waals surface area contributed by atoms with Gasteiger partial charge in [0.15, 0.2) is 11.2 Å². The van der Waals surface area contributed by atoms with Crippen LogP contribution in [0.2, 0.25) is 0 Å². The van der Waals surface area contributed by atoms with Crippen LogP contribution >= 0.6 is 0 Å². The molecule has 14 heavy (non-hydrogen) atoms. The fourth-order valence-electron chi connectivity index (χ4n) is 1.19. The SMILES string of the molecule is Cc1ccc2oc(C(C)(C)N)nc2n1. The molecule has 0 aromatic carbocycles. The zero-order valence-electron chi connectivity index (χ0n) is 8.53. The molecule has 0 amide bonds.